The molecule has 2 nitrogen and oxygen atoms in total. The number of benzene rings is 2. The molecule has 0 saturated carbocycles. The first-order valence-electron chi connectivity index (χ1n) is 5.65. The monoisotopic (exact) mass is 320 g/mol. The van der Waals surface area contributed by atoms with Crippen molar-refractivity contribution in [3.8, 4) is 11.5 Å². The third kappa shape index (κ3) is 3.41. The van der Waals surface area contributed by atoms with Crippen LogP contribution in [0, 0.1) is 30.2 Å². The molecule has 21 heavy (non-hydrogen) atoms. The van der Waals surface area contributed by atoms with Gasteiger partial charge in [-0.05, 0) is 12.5 Å². The Morgan fingerprint density at radius 2 is 1.38 bits per heavy atom. The van der Waals surface area contributed by atoms with E-state index in [-0.39, 0.29) is 20.1 Å². The van der Waals surface area contributed by atoms with Crippen LogP contribution in [0.5, 0.6) is 11.5 Å². The summed E-state index contributed by atoms with van der Waals surface area (Å²) in [6.45, 7) is 1.59. The van der Waals surface area contributed by atoms with Crippen LogP contribution in [0.15, 0.2) is 24.3 Å². The lowest BCUT2D eigenvalue weighted by Crippen LogP contribution is -2.04. The molecule has 114 valence electrons. The lowest BCUT2D eigenvalue weighted by molar-refractivity contribution is 0.253. The minimum Gasteiger partial charge on any atom is -0.503 e. The van der Waals surface area contributed by atoms with E-state index >= 15 is 0 Å². The van der Waals surface area contributed by atoms with Gasteiger partial charge in [-0.3, -0.25) is 0 Å². The Kier molecular flexibility index (Phi) is 5.48. The number of aromatic hydroxyl groups is 1. The summed E-state index contributed by atoms with van der Waals surface area (Å²) in [4.78, 5) is 0. The molecule has 7 heteroatoms. The van der Waals surface area contributed by atoms with Gasteiger partial charge in [0, 0.05) is 0 Å². The fourth-order valence-electron chi connectivity index (χ4n) is 1.57. The summed E-state index contributed by atoms with van der Waals surface area (Å²) in [5, 5.41) is 8.82. The summed E-state index contributed by atoms with van der Waals surface area (Å²) < 4.78 is 57.8. The van der Waals surface area contributed by atoms with Gasteiger partial charge in [-0.2, -0.15) is 31.1 Å². The predicted octanol–water partition coefficient (Wildman–Crippen LogP) is 3.95. The zero-order chi connectivity index (χ0) is 14.9. The molecule has 0 aliphatic rings. The second-order valence-electron chi connectivity index (χ2n) is 4.21. The molecular formula is C14H12F4O2S. The smallest absolute Gasteiger partial charge is 0.207 e. The van der Waals surface area contributed by atoms with Gasteiger partial charge in [0.2, 0.25) is 23.3 Å². The summed E-state index contributed by atoms with van der Waals surface area (Å²) in [5.74, 6) is -10.2. The zero-order valence-corrected chi connectivity index (χ0v) is 11.9. The van der Waals surface area contributed by atoms with E-state index in [0.717, 1.165) is 5.56 Å². The van der Waals surface area contributed by atoms with Gasteiger partial charge in [0.15, 0.2) is 11.5 Å². The van der Waals surface area contributed by atoms with E-state index < -0.39 is 34.8 Å². The van der Waals surface area contributed by atoms with Crippen molar-refractivity contribution in [2.24, 2.45) is 0 Å². The molecule has 0 unspecified atom stereocenters. The number of ether oxygens (including phenoxy) is 1. The normalized spacial score (nSPS) is 10.1. The number of phenols is 1. The van der Waals surface area contributed by atoms with E-state index in [9.17, 15) is 17.6 Å². The van der Waals surface area contributed by atoms with E-state index in [4.69, 9.17) is 9.84 Å². The highest BCUT2D eigenvalue weighted by Gasteiger charge is 2.26. The topological polar surface area (TPSA) is 29.5 Å². The second-order valence-corrected chi connectivity index (χ2v) is 4.21. The Balaban J connectivity index is 0.00000220. The first-order valence-corrected chi connectivity index (χ1v) is 5.65. The third-order valence-corrected chi connectivity index (χ3v) is 2.70. The number of rotatable bonds is 3. The highest BCUT2D eigenvalue weighted by molar-refractivity contribution is 7.59. The number of phenolic OH excluding ortho intramolecular Hbond substituents is 1. The van der Waals surface area contributed by atoms with Crippen molar-refractivity contribution in [2.75, 3.05) is 0 Å². The van der Waals surface area contributed by atoms with E-state index in [1.165, 1.54) is 0 Å². The van der Waals surface area contributed by atoms with Crippen molar-refractivity contribution in [2.45, 2.75) is 13.5 Å². The van der Waals surface area contributed by atoms with Gasteiger partial charge in [-0.1, -0.05) is 29.8 Å². The number of aryl methyl sites for hydroxylation is 1. The fraction of sp³-hybridized carbons (Fsp3) is 0.143. The first kappa shape index (κ1) is 17.2. The maximum absolute atomic E-state index is 13.4. The van der Waals surface area contributed by atoms with Crippen molar-refractivity contribution in [1.29, 1.82) is 0 Å². The maximum Gasteiger partial charge on any atom is 0.207 e. The van der Waals surface area contributed by atoms with Gasteiger partial charge in [-0.15, -0.1) is 0 Å². The Morgan fingerprint density at radius 1 is 0.905 bits per heavy atom. The molecule has 0 atom stereocenters. The van der Waals surface area contributed by atoms with Crippen LogP contribution >= 0.6 is 13.5 Å². The van der Waals surface area contributed by atoms with Gasteiger partial charge >= 0.3 is 0 Å². The number of hydrogen-bond acceptors (Lipinski definition) is 2. The van der Waals surface area contributed by atoms with Crippen LogP contribution in [0.25, 0.3) is 0 Å². The average Bonchev–Trinajstić information content (AvgIpc) is 2.45. The highest BCUT2D eigenvalue weighted by atomic mass is 32.1. The first-order chi connectivity index (χ1) is 9.41. The van der Waals surface area contributed by atoms with Crippen molar-refractivity contribution in [3.05, 3.63) is 58.7 Å². The highest BCUT2D eigenvalue weighted by Crippen LogP contribution is 2.34. The lowest BCUT2D eigenvalue weighted by Gasteiger charge is -2.10. The molecule has 0 fully saturated rings. The number of halogens is 4. The summed E-state index contributed by atoms with van der Waals surface area (Å²) in [5.41, 5.74) is 1.55. The molecule has 2 aromatic rings. The van der Waals surface area contributed by atoms with Crippen LogP contribution in [0.4, 0.5) is 17.6 Å². The van der Waals surface area contributed by atoms with Crippen molar-refractivity contribution < 1.29 is 27.4 Å². The molecule has 0 heterocycles. The van der Waals surface area contributed by atoms with E-state index in [0.29, 0.717) is 5.56 Å². The summed E-state index contributed by atoms with van der Waals surface area (Å²) in [7, 11) is 0. The largest absolute Gasteiger partial charge is 0.503 e. The fourth-order valence-corrected chi connectivity index (χ4v) is 1.57. The molecule has 0 radical (unpaired) electrons. The van der Waals surface area contributed by atoms with Gasteiger partial charge in [-0.25, -0.2) is 0 Å². The molecule has 0 aliphatic carbocycles. The van der Waals surface area contributed by atoms with Crippen LogP contribution in [0.2, 0.25) is 0 Å². The Morgan fingerprint density at radius 3 is 1.86 bits per heavy atom. The van der Waals surface area contributed by atoms with Crippen molar-refractivity contribution >= 4 is 13.5 Å². The molecule has 2 rings (SSSR count). The van der Waals surface area contributed by atoms with E-state index in [1.54, 1.807) is 24.3 Å². The van der Waals surface area contributed by atoms with Gasteiger partial charge in [0.1, 0.15) is 6.61 Å². The molecule has 0 aromatic heterocycles. The zero-order valence-electron chi connectivity index (χ0n) is 10.9. The number of hydrogen-bond donors (Lipinski definition) is 1. The molecule has 0 amide bonds. The molecule has 1 N–H and O–H groups in total. The molecule has 0 aliphatic heterocycles. The molecule has 0 spiro atoms. The second kappa shape index (κ2) is 6.71. The van der Waals surface area contributed by atoms with Crippen LogP contribution < -0.4 is 4.74 Å². The van der Waals surface area contributed by atoms with E-state index in [2.05, 4.69) is 0 Å². The van der Waals surface area contributed by atoms with Gasteiger partial charge in [0.05, 0.1) is 0 Å². The molecule has 0 bridgehead atoms. The van der Waals surface area contributed by atoms with Crippen LogP contribution in [0.1, 0.15) is 11.1 Å². The Labute approximate surface area is 125 Å². The standard InChI is InChI=1S/C14H10F4O2.H2S/c1-7-2-4-8(5-3-7)6-20-14-11(17)9(15)13(19)10(16)12(14)18;/h2-5,19H,6H2,1H3;1H2. The van der Waals surface area contributed by atoms with Crippen molar-refractivity contribution in [3.63, 3.8) is 0 Å². The van der Waals surface area contributed by atoms with Crippen LogP contribution in [-0.2, 0) is 6.61 Å². The van der Waals surface area contributed by atoms with Crippen LogP contribution in [-0.4, -0.2) is 5.11 Å². The third-order valence-electron chi connectivity index (χ3n) is 2.70. The van der Waals surface area contributed by atoms with Gasteiger partial charge < -0.3 is 9.84 Å². The molecule has 0 saturated heterocycles. The Hall–Kier alpha value is -1.89. The van der Waals surface area contributed by atoms with Crippen molar-refractivity contribution in [1.82, 2.24) is 0 Å². The minimum absolute atomic E-state index is 0. The average molecular weight is 320 g/mol. The van der Waals surface area contributed by atoms with Gasteiger partial charge in [0.25, 0.3) is 0 Å². The predicted molar refractivity (Wildman–Crippen MR) is 73.8 cm³/mol. The summed E-state index contributed by atoms with van der Waals surface area (Å²) in [6.07, 6.45) is 0. The SMILES string of the molecule is Cc1ccc(COc2c(F)c(F)c(O)c(F)c2F)cc1.S. The maximum atomic E-state index is 13.4. The summed E-state index contributed by atoms with van der Waals surface area (Å²) in [6, 6.07) is 6.81. The molecule has 2 aromatic carbocycles. The van der Waals surface area contributed by atoms with Crippen LogP contribution in [0.3, 0.4) is 0 Å². The Bertz CT molecular complexity index is 615. The minimum atomic E-state index is -1.89. The summed E-state index contributed by atoms with van der Waals surface area (Å²) >= 11 is 0. The molecular weight excluding hydrogens is 308 g/mol. The lowest BCUT2D eigenvalue weighted by atomic mass is 10.2. The van der Waals surface area contributed by atoms with E-state index in [1.807, 2.05) is 6.92 Å². The quantitative estimate of drug-likeness (QED) is 0.685.